The van der Waals surface area contributed by atoms with E-state index in [1.165, 1.54) is 5.56 Å². The molecule has 2 N–H and O–H groups in total. The van der Waals surface area contributed by atoms with Gasteiger partial charge in [0.05, 0.1) is 11.6 Å². The van der Waals surface area contributed by atoms with E-state index in [0.717, 1.165) is 17.5 Å². The van der Waals surface area contributed by atoms with Crippen LogP contribution in [0.15, 0.2) is 18.2 Å². The first-order chi connectivity index (χ1) is 5.79. The Morgan fingerprint density at radius 3 is 2.83 bits per heavy atom. The Kier molecular flexibility index (Phi) is 2.84. The van der Waals surface area contributed by atoms with Gasteiger partial charge in [-0.15, -0.1) is 0 Å². The maximum absolute atomic E-state index is 8.73. The molecule has 0 saturated carbocycles. The molecular formula is C10H12N2. The fourth-order valence-electron chi connectivity index (χ4n) is 1.23. The molecule has 0 spiro atoms. The third-order valence-corrected chi connectivity index (χ3v) is 1.98. The van der Waals surface area contributed by atoms with Crippen LogP contribution >= 0.6 is 0 Å². The van der Waals surface area contributed by atoms with Crippen LogP contribution in [0.3, 0.4) is 0 Å². The smallest absolute Gasteiger partial charge is 0.0994 e. The number of nitrogens with zero attached hydrogens (tertiary/aromatic N) is 1. The van der Waals surface area contributed by atoms with E-state index in [4.69, 9.17) is 11.0 Å². The second-order valence-electron chi connectivity index (χ2n) is 2.74. The van der Waals surface area contributed by atoms with Crippen LogP contribution in [0.4, 0.5) is 0 Å². The summed E-state index contributed by atoms with van der Waals surface area (Å²) in [7, 11) is 0. The number of benzene rings is 1. The van der Waals surface area contributed by atoms with Gasteiger partial charge in [0.2, 0.25) is 0 Å². The summed E-state index contributed by atoms with van der Waals surface area (Å²) < 4.78 is 0. The molecule has 0 heterocycles. The highest BCUT2D eigenvalue weighted by Gasteiger charge is 2.01. The molecule has 2 heteroatoms. The molecule has 62 valence electrons. The Morgan fingerprint density at radius 2 is 2.25 bits per heavy atom. The third-order valence-electron chi connectivity index (χ3n) is 1.98. The monoisotopic (exact) mass is 160 g/mol. The lowest BCUT2D eigenvalue weighted by molar-refractivity contribution is 0.956. The summed E-state index contributed by atoms with van der Waals surface area (Å²) in [5.41, 5.74) is 8.43. The van der Waals surface area contributed by atoms with Crippen LogP contribution in [-0.2, 0) is 6.42 Å². The summed E-state index contributed by atoms with van der Waals surface area (Å²) in [4.78, 5) is 0. The number of nitrogens with two attached hydrogens (primary N) is 1. The van der Waals surface area contributed by atoms with Gasteiger partial charge >= 0.3 is 0 Å². The lowest BCUT2D eigenvalue weighted by Crippen LogP contribution is -2.04. The van der Waals surface area contributed by atoms with Gasteiger partial charge in [-0.05, 0) is 37.1 Å². The average Bonchev–Trinajstić information content (AvgIpc) is 2.09. The number of nitriles is 1. The fourth-order valence-corrected chi connectivity index (χ4v) is 1.23. The van der Waals surface area contributed by atoms with Crippen LogP contribution in [0.5, 0.6) is 0 Å². The molecule has 0 radical (unpaired) electrons. The predicted octanol–water partition coefficient (Wildman–Crippen LogP) is 1.37. The zero-order chi connectivity index (χ0) is 8.97. The zero-order valence-electron chi connectivity index (χ0n) is 7.17. The largest absolute Gasteiger partial charge is 0.330 e. The topological polar surface area (TPSA) is 49.8 Å². The van der Waals surface area contributed by atoms with Gasteiger partial charge in [-0.3, -0.25) is 0 Å². The Balaban J connectivity index is 3.07. The highest BCUT2D eigenvalue weighted by Crippen LogP contribution is 2.12. The van der Waals surface area contributed by atoms with Gasteiger partial charge in [0.1, 0.15) is 0 Å². The Hall–Kier alpha value is -1.33. The van der Waals surface area contributed by atoms with Crippen molar-refractivity contribution in [2.45, 2.75) is 13.3 Å². The maximum Gasteiger partial charge on any atom is 0.0994 e. The summed E-state index contributed by atoms with van der Waals surface area (Å²) in [6.07, 6.45) is 0.849. The molecule has 0 aliphatic carbocycles. The Morgan fingerprint density at radius 1 is 1.50 bits per heavy atom. The number of hydrogen-bond donors (Lipinski definition) is 1. The molecular weight excluding hydrogens is 148 g/mol. The Labute approximate surface area is 72.6 Å². The quantitative estimate of drug-likeness (QED) is 0.710. The molecule has 0 bridgehead atoms. The normalized spacial score (nSPS) is 9.42. The minimum atomic E-state index is 0.635. The minimum absolute atomic E-state index is 0.635. The molecule has 0 atom stereocenters. The van der Waals surface area contributed by atoms with Crippen LogP contribution in [0.2, 0.25) is 0 Å². The summed E-state index contributed by atoms with van der Waals surface area (Å²) in [6, 6.07) is 7.90. The van der Waals surface area contributed by atoms with Gasteiger partial charge in [-0.1, -0.05) is 12.1 Å². The molecule has 0 saturated heterocycles. The zero-order valence-corrected chi connectivity index (χ0v) is 7.17. The van der Waals surface area contributed by atoms with E-state index in [2.05, 4.69) is 6.07 Å². The molecule has 0 unspecified atom stereocenters. The van der Waals surface area contributed by atoms with Crippen molar-refractivity contribution in [2.24, 2.45) is 5.73 Å². The van der Waals surface area contributed by atoms with Crippen LogP contribution in [0.1, 0.15) is 16.7 Å². The van der Waals surface area contributed by atoms with E-state index in [1.54, 1.807) is 0 Å². The van der Waals surface area contributed by atoms with E-state index in [0.29, 0.717) is 6.54 Å². The molecule has 12 heavy (non-hydrogen) atoms. The lowest BCUT2D eigenvalue weighted by atomic mass is 10.0. The SMILES string of the molecule is Cc1c(C#N)cccc1CCN. The highest BCUT2D eigenvalue weighted by atomic mass is 14.5. The van der Waals surface area contributed by atoms with Crippen molar-refractivity contribution in [3.05, 3.63) is 34.9 Å². The van der Waals surface area contributed by atoms with Crippen LogP contribution < -0.4 is 5.73 Å². The third kappa shape index (κ3) is 1.63. The Bertz CT molecular complexity index is 310. The molecule has 1 aromatic carbocycles. The van der Waals surface area contributed by atoms with E-state index in [1.807, 2.05) is 25.1 Å². The van der Waals surface area contributed by atoms with E-state index >= 15 is 0 Å². The number of hydrogen-bond acceptors (Lipinski definition) is 2. The van der Waals surface area contributed by atoms with Gasteiger partial charge < -0.3 is 5.73 Å². The number of rotatable bonds is 2. The average molecular weight is 160 g/mol. The van der Waals surface area contributed by atoms with Crippen molar-refractivity contribution in [1.82, 2.24) is 0 Å². The highest BCUT2D eigenvalue weighted by molar-refractivity contribution is 5.41. The van der Waals surface area contributed by atoms with Crippen molar-refractivity contribution in [3.63, 3.8) is 0 Å². The molecule has 0 aliphatic rings. The first-order valence-corrected chi connectivity index (χ1v) is 3.98. The molecule has 1 rings (SSSR count). The van der Waals surface area contributed by atoms with E-state index in [-0.39, 0.29) is 0 Å². The van der Waals surface area contributed by atoms with Crippen LogP contribution in [0.25, 0.3) is 0 Å². The molecule has 1 aromatic rings. The molecule has 2 nitrogen and oxygen atoms in total. The van der Waals surface area contributed by atoms with Gasteiger partial charge in [0.25, 0.3) is 0 Å². The van der Waals surface area contributed by atoms with Crippen molar-refractivity contribution in [2.75, 3.05) is 6.54 Å². The van der Waals surface area contributed by atoms with Crippen molar-refractivity contribution >= 4 is 0 Å². The minimum Gasteiger partial charge on any atom is -0.330 e. The first-order valence-electron chi connectivity index (χ1n) is 3.98. The maximum atomic E-state index is 8.73. The molecule has 0 fully saturated rings. The van der Waals surface area contributed by atoms with Gasteiger partial charge in [-0.2, -0.15) is 5.26 Å². The molecule has 0 amide bonds. The molecule has 0 aliphatic heterocycles. The standard InChI is InChI=1S/C10H12N2/c1-8-9(5-6-11)3-2-4-10(8)7-12/h2-4H,5-6,11H2,1H3. The van der Waals surface area contributed by atoms with E-state index in [9.17, 15) is 0 Å². The summed E-state index contributed by atoms with van der Waals surface area (Å²) in [5.74, 6) is 0. The van der Waals surface area contributed by atoms with Crippen LogP contribution in [0, 0.1) is 18.3 Å². The lowest BCUT2D eigenvalue weighted by Gasteiger charge is -2.04. The first kappa shape index (κ1) is 8.76. The molecule has 0 aromatic heterocycles. The van der Waals surface area contributed by atoms with Crippen molar-refractivity contribution in [3.8, 4) is 6.07 Å². The summed E-state index contributed by atoms with van der Waals surface area (Å²) in [5, 5.41) is 8.73. The van der Waals surface area contributed by atoms with Gasteiger partial charge in [0, 0.05) is 0 Å². The predicted molar refractivity (Wildman–Crippen MR) is 48.7 cm³/mol. The van der Waals surface area contributed by atoms with Crippen molar-refractivity contribution < 1.29 is 0 Å². The second-order valence-corrected chi connectivity index (χ2v) is 2.74. The van der Waals surface area contributed by atoms with Gasteiger partial charge in [0.15, 0.2) is 0 Å². The van der Waals surface area contributed by atoms with E-state index < -0.39 is 0 Å². The summed E-state index contributed by atoms with van der Waals surface area (Å²) >= 11 is 0. The summed E-state index contributed by atoms with van der Waals surface area (Å²) in [6.45, 7) is 2.60. The fraction of sp³-hybridized carbons (Fsp3) is 0.300. The van der Waals surface area contributed by atoms with Crippen LogP contribution in [-0.4, -0.2) is 6.54 Å². The second kappa shape index (κ2) is 3.89. The van der Waals surface area contributed by atoms with Crippen molar-refractivity contribution in [1.29, 1.82) is 5.26 Å². The van der Waals surface area contributed by atoms with Gasteiger partial charge in [-0.25, -0.2) is 0 Å².